The fourth-order valence-electron chi connectivity index (χ4n) is 3.23. The average molecular weight is 414 g/mol. The number of aromatic amines is 1. The number of nitrogens with two attached hydrogens (primary N) is 1. The fourth-order valence-corrected chi connectivity index (χ4v) is 3.23. The highest BCUT2D eigenvalue weighted by Crippen LogP contribution is 2.26. The zero-order valence-corrected chi connectivity index (χ0v) is 16.5. The summed E-state index contributed by atoms with van der Waals surface area (Å²) in [6.45, 7) is 0. The zero-order chi connectivity index (χ0) is 20.8. The molecule has 0 saturated heterocycles. The van der Waals surface area contributed by atoms with Crippen LogP contribution in [-0.2, 0) is 17.6 Å². The van der Waals surface area contributed by atoms with Crippen molar-refractivity contribution in [2.24, 2.45) is 5.73 Å². The molecule has 0 spiro atoms. The molecule has 0 radical (unpaired) electrons. The van der Waals surface area contributed by atoms with Crippen molar-refractivity contribution >= 4 is 5.78 Å². The van der Waals surface area contributed by atoms with Crippen molar-refractivity contribution in [1.29, 1.82) is 0 Å². The number of aromatic nitrogens is 2. The highest BCUT2D eigenvalue weighted by molar-refractivity contribution is 5.86. The first-order valence-corrected chi connectivity index (χ1v) is 9.85. The van der Waals surface area contributed by atoms with Crippen molar-refractivity contribution in [3.05, 3.63) is 103 Å². The number of H-pyrrole nitrogens is 1. The van der Waals surface area contributed by atoms with Crippen LogP contribution in [0.5, 0.6) is 11.5 Å². The molecule has 0 unspecified atom stereocenters. The topological polar surface area (TPSA) is 81.0 Å². The Morgan fingerprint density at radius 1 is 0.903 bits per heavy atom. The number of ketones is 1. The maximum atomic E-state index is 12.4. The number of carbonyl (C=O) groups excluding carboxylic acids is 1. The van der Waals surface area contributed by atoms with E-state index in [1.807, 2.05) is 78.9 Å². The van der Waals surface area contributed by atoms with Crippen molar-refractivity contribution in [2.75, 3.05) is 0 Å². The summed E-state index contributed by atoms with van der Waals surface area (Å²) in [4.78, 5) is 19.3. The molecular weight excluding hydrogens is 386 g/mol. The SMILES string of the molecule is C.N[C@@H](Cc1cnc[nH]1)C(=O)Cc1ccc(-c2ccc(Oc3ccccc3)cc2)cc1. The number of nitrogens with one attached hydrogen (secondary N) is 1. The molecule has 1 heterocycles. The van der Waals surface area contributed by atoms with Crippen LogP contribution in [0.15, 0.2) is 91.4 Å². The largest absolute Gasteiger partial charge is 0.457 e. The van der Waals surface area contributed by atoms with Crippen molar-refractivity contribution in [3.63, 3.8) is 0 Å². The molecule has 158 valence electrons. The van der Waals surface area contributed by atoms with E-state index >= 15 is 0 Å². The van der Waals surface area contributed by atoms with E-state index in [1.165, 1.54) is 0 Å². The van der Waals surface area contributed by atoms with Crippen LogP contribution >= 0.6 is 0 Å². The first kappa shape index (κ1) is 22.0. The van der Waals surface area contributed by atoms with E-state index < -0.39 is 6.04 Å². The van der Waals surface area contributed by atoms with Gasteiger partial charge in [-0.15, -0.1) is 0 Å². The first-order chi connectivity index (χ1) is 14.7. The number of nitrogens with zero attached hydrogens (tertiary/aromatic N) is 1. The lowest BCUT2D eigenvalue weighted by Gasteiger charge is -2.10. The predicted molar refractivity (Wildman–Crippen MR) is 124 cm³/mol. The van der Waals surface area contributed by atoms with E-state index in [1.54, 1.807) is 12.5 Å². The Balaban J connectivity index is 0.00000272. The van der Waals surface area contributed by atoms with E-state index in [-0.39, 0.29) is 13.2 Å². The van der Waals surface area contributed by atoms with Crippen molar-refractivity contribution in [2.45, 2.75) is 26.3 Å². The number of ether oxygens (including phenoxy) is 1. The molecule has 1 atom stereocenters. The quantitative estimate of drug-likeness (QED) is 0.417. The van der Waals surface area contributed by atoms with E-state index in [2.05, 4.69) is 9.97 Å². The number of hydrogen-bond donors (Lipinski definition) is 2. The summed E-state index contributed by atoms with van der Waals surface area (Å²) < 4.78 is 5.84. The van der Waals surface area contributed by atoms with Crippen LogP contribution in [-0.4, -0.2) is 21.8 Å². The molecule has 4 rings (SSSR count). The fraction of sp³-hybridized carbons (Fsp3) is 0.154. The van der Waals surface area contributed by atoms with Crippen molar-refractivity contribution in [1.82, 2.24) is 9.97 Å². The smallest absolute Gasteiger partial charge is 0.154 e. The summed E-state index contributed by atoms with van der Waals surface area (Å²) >= 11 is 0. The number of Topliss-reactive ketones (excluding diaryl/α,β-unsaturated/α-hetero) is 1. The molecule has 3 N–H and O–H groups in total. The van der Waals surface area contributed by atoms with Gasteiger partial charge in [0.05, 0.1) is 12.4 Å². The molecule has 0 aliphatic rings. The minimum absolute atomic E-state index is 0. The summed E-state index contributed by atoms with van der Waals surface area (Å²) in [6, 6.07) is 25.1. The minimum atomic E-state index is -0.540. The van der Waals surface area contributed by atoms with Crippen LogP contribution in [0.2, 0.25) is 0 Å². The second-order valence-electron chi connectivity index (χ2n) is 7.17. The van der Waals surface area contributed by atoms with E-state index in [0.717, 1.165) is 33.9 Å². The third kappa shape index (κ3) is 5.90. The van der Waals surface area contributed by atoms with Gasteiger partial charge in [-0.05, 0) is 41.0 Å². The van der Waals surface area contributed by atoms with Gasteiger partial charge in [0.1, 0.15) is 11.5 Å². The molecule has 3 aromatic carbocycles. The van der Waals surface area contributed by atoms with E-state index in [9.17, 15) is 4.79 Å². The molecule has 0 saturated carbocycles. The standard InChI is InChI=1S/C25H23N3O2.CH4/c26-24(15-21-16-27-17-28-21)25(29)14-18-6-8-19(9-7-18)20-10-12-23(13-11-20)30-22-4-2-1-3-5-22;/h1-13,16-17,24H,14-15,26H2,(H,27,28);1H4/t24-;/m0./s1. The second kappa shape index (κ2) is 10.4. The molecule has 1 aromatic heterocycles. The van der Waals surface area contributed by atoms with Crippen LogP contribution < -0.4 is 10.5 Å². The second-order valence-corrected chi connectivity index (χ2v) is 7.17. The van der Waals surface area contributed by atoms with Gasteiger partial charge in [-0.1, -0.05) is 62.0 Å². The molecule has 4 aromatic rings. The van der Waals surface area contributed by atoms with Gasteiger partial charge in [-0.25, -0.2) is 4.98 Å². The molecule has 0 amide bonds. The summed E-state index contributed by atoms with van der Waals surface area (Å²) in [6.07, 6.45) is 4.07. The maximum absolute atomic E-state index is 12.4. The Labute approximate surface area is 182 Å². The summed E-state index contributed by atoms with van der Waals surface area (Å²) in [5, 5.41) is 0. The Morgan fingerprint density at radius 2 is 1.52 bits per heavy atom. The number of carbonyl (C=O) groups is 1. The molecule has 5 heteroatoms. The van der Waals surface area contributed by atoms with Crippen LogP contribution in [0.1, 0.15) is 18.7 Å². The lowest BCUT2D eigenvalue weighted by atomic mass is 9.98. The third-order valence-corrected chi connectivity index (χ3v) is 4.91. The number of imidazole rings is 1. The van der Waals surface area contributed by atoms with Gasteiger partial charge in [-0.3, -0.25) is 4.79 Å². The van der Waals surface area contributed by atoms with Gasteiger partial charge >= 0.3 is 0 Å². The molecule has 0 fully saturated rings. The number of para-hydroxylation sites is 1. The molecule has 31 heavy (non-hydrogen) atoms. The van der Waals surface area contributed by atoms with Crippen molar-refractivity contribution < 1.29 is 9.53 Å². The van der Waals surface area contributed by atoms with Gasteiger partial charge in [0.15, 0.2) is 5.78 Å². The minimum Gasteiger partial charge on any atom is -0.457 e. The zero-order valence-electron chi connectivity index (χ0n) is 16.5. The Hall–Kier alpha value is -3.70. The summed E-state index contributed by atoms with van der Waals surface area (Å²) in [7, 11) is 0. The highest BCUT2D eigenvalue weighted by Gasteiger charge is 2.15. The summed E-state index contributed by atoms with van der Waals surface area (Å²) in [5.41, 5.74) is 10.0. The van der Waals surface area contributed by atoms with Crippen LogP contribution in [0.25, 0.3) is 11.1 Å². The maximum Gasteiger partial charge on any atom is 0.154 e. The van der Waals surface area contributed by atoms with E-state index in [0.29, 0.717) is 12.8 Å². The molecule has 0 aliphatic carbocycles. The lowest BCUT2D eigenvalue weighted by Crippen LogP contribution is -2.34. The molecular formula is C26H27N3O2. The number of rotatable bonds is 8. The Kier molecular flexibility index (Phi) is 7.35. The third-order valence-electron chi connectivity index (χ3n) is 4.91. The number of benzene rings is 3. The first-order valence-electron chi connectivity index (χ1n) is 9.85. The Bertz CT molecular complexity index is 1070. The monoisotopic (exact) mass is 413 g/mol. The van der Waals surface area contributed by atoms with Crippen LogP contribution in [0.4, 0.5) is 0 Å². The van der Waals surface area contributed by atoms with Crippen molar-refractivity contribution in [3.8, 4) is 22.6 Å². The van der Waals surface area contributed by atoms with Crippen LogP contribution in [0.3, 0.4) is 0 Å². The van der Waals surface area contributed by atoms with Gasteiger partial charge in [0, 0.05) is 24.7 Å². The predicted octanol–water partition coefficient (Wildman–Crippen LogP) is 5.19. The number of hydrogen-bond acceptors (Lipinski definition) is 4. The van der Waals surface area contributed by atoms with Gasteiger partial charge < -0.3 is 15.5 Å². The molecule has 0 aliphatic heterocycles. The highest BCUT2D eigenvalue weighted by atomic mass is 16.5. The Morgan fingerprint density at radius 3 is 2.13 bits per heavy atom. The van der Waals surface area contributed by atoms with Gasteiger partial charge in [0.2, 0.25) is 0 Å². The molecule has 5 nitrogen and oxygen atoms in total. The lowest BCUT2D eigenvalue weighted by molar-refractivity contribution is -0.119. The van der Waals surface area contributed by atoms with Gasteiger partial charge in [-0.2, -0.15) is 0 Å². The van der Waals surface area contributed by atoms with Crippen LogP contribution in [0, 0.1) is 0 Å². The average Bonchev–Trinajstić information content (AvgIpc) is 3.29. The summed E-state index contributed by atoms with van der Waals surface area (Å²) in [5.74, 6) is 1.61. The normalized spacial score (nSPS) is 11.4. The van der Waals surface area contributed by atoms with Gasteiger partial charge in [0.25, 0.3) is 0 Å². The van der Waals surface area contributed by atoms with E-state index in [4.69, 9.17) is 10.5 Å². The molecule has 0 bridgehead atoms.